The van der Waals surface area contributed by atoms with Gasteiger partial charge in [-0.3, -0.25) is 0 Å². The molecular weight excluding hydrogens is 296 g/mol. The van der Waals surface area contributed by atoms with Gasteiger partial charge in [-0.05, 0) is 25.0 Å². The smallest absolute Gasteiger partial charge is 0.206 e. The zero-order chi connectivity index (χ0) is 13.4. The van der Waals surface area contributed by atoms with Crippen LogP contribution >= 0.6 is 15.9 Å². The zero-order valence-corrected chi connectivity index (χ0v) is 12.0. The summed E-state index contributed by atoms with van der Waals surface area (Å²) < 4.78 is 0.973. The second kappa shape index (κ2) is 4.64. The van der Waals surface area contributed by atoms with E-state index in [9.17, 15) is 10.2 Å². The molecule has 4 nitrogen and oxygen atoms in total. The maximum atomic E-state index is 10.4. The minimum atomic E-state index is -1.47. The minimum absolute atomic E-state index is 0.352. The number of aliphatic hydroxyl groups is 2. The summed E-state index contributed by atoms with van der Waals surface area (Å²) in [4.78, 5) is 4.26. The van der Waals surface area contributed by atoms with E-state index in [1.165, 1.54) is 0 Å². The molecule has 2 atom stereocenters. The molecule has 2 rings (SSSR count). The fourth-order valence-electron chi connectivity index (χ4n) is 2.09. The number of nitrogens with zero attached hydrogens (tertiary/aromatic N) is 1. The number of amidine groups is 1. The molecule has 0 fully saturated rings. The van der Waals surface area contributed by atoms with Crippen molar-refractivity contribution in [3.63, 3.8) is 0 Å². The number of rotatable bonds is 3. The van der Waals surface area contributed by atoms with Crippen LogP contribution in [0.25, 0.3) is 0 Å². The molecule has 18 heavy (non-hydrogen) atoms. The van der Waals surface area contributed by atoms with Gasteiger partial charge in [-0.2, -0.15) is 0 Å². The van der Waals surface area contributed by atoms with Gasteiger partial charge in [0.05, 0.1) is 0 Å². The second-order valence-corrected chi connectivity index (χ2v) is 5.39. The lowest BCUT2D eigenvalue weighted by Crippen LogP contribution is -2.57. The molecule has 1 aromatic carbocycles. The molecule has 0 spiro atoms. The fourth-order valence-corrected chi connectivity index (χ4v) is 2.35. The number of nitrogens with one attached hydrogen (secondary N) is 1. The molecule has 3 N–H and O–H groups in total. The van der Waals surface area contributed by atoms with Gasteiger partial charge in [-0.25, -0.2) is 4.99 Å². The van der Waals surface area contributed by atoms with Crippen molar-refractivity contribution in [1.82, 2.24) is 5.32 Å². The third-order valence-corrected chi connectivity index (χ3v) is 3.94. The van der Waals surface area contributed by atoms with Crippen LogP contribution in [0.4, 0.5) is 0 Å². The van der Waals surface area contributed by atoms with Crippen LogP contribution in [-0.2, 0) is 0 Å². The van der Waals surface area contributed by atoms with Crippen molar-refractivity contribution < 1.29 is 10.2 Å². The molecule has 0 amide bonds. The Morgan fingerprint density at radius 1 is 1.17 bits per heavy atom. The maximum absolute atomic E-state index is 10.4. The van der Waals surface area contributed by atoms with Gasteiger partial charge in [-0.15, -0.1) is 0 Å². The van der Waals surface area contributed by atoms with Crippen LogP contribution in [0.2, 0.25) is 0 Å². The van der Waals surface area contributed by atoms with Crippen LogP contribution in [0.1, 0.15) is 32.3 Å². The van der Waals surface area contributed by atoms with Crippen molar-refractivity contribution >= 4 is 21.8 Å². The number of hydrogen-bond acceptors (Lipinski definition) is 4. The summed E-state index contributed by atoms with van der Waals surface area (Å²) in [6.07, 6.45) is 0.727. The summed E-state index contributed by atoms with van der Waals surface area (Å²) in [5, 5.41) is 23.8. The van der Waals surface area contributed by atoms with E-state index in [0.717, 1.165) is 10.0 Å². The highest BCUT2D eigenvalue weighted by atomic mass is 79.9. The molecule has 5 heteroatoms. The Bertz CT molecular complexity index is 474. The first kappa shape index (κ1) is 13.5. The molecule has 2 unspecified atom stereocenters. The predicted molar refractivity (Wildman–Crippen MR) is 74.3 cm³/mol. The molecule has 0 saturated heterocycles. The van der Waals surface area contributed by atoms with Gasteiger partial charge in [0, 0.05) is 10.0 Å². The molecule has 1 heterocycles. The van der Waals surface area contributed by atoms with E-state index in [4.69, 9.17) is 0 Å². The molecular formula is C13H17BrN2O2. The van der Waals surface area contributed by atoms with E-state index in [0.29, 0.717) is 18.7 Å². The number of benzene rings is 1. The lowest BCUT2D eigenvalue weighted by atomic mass is 9.96. The summed E-state index contributed by atoms with van der Waals surface area (Å²) in [6, 6.07) is 7.56. The molecule has 0 radical (unpaired) electrons. The molecule has 98 valence electrons. The lowest BCUT2D eigenvalue weighted by molar-refractivity contribution is -0.148. The summed E-state index contributed by atoms with van der Waals surface area (Å²) in [5.74, 6) is 0.524. The molecule has 0 saturated carbocycles. The van der Waals surface area contributed by atoms with Gasteiger partial charge < -0.3 is 15.5 Å². The number of hydrogen-bond donors (Lipinski definition) is 3. The molecule has 0 aromatic heterocycles. The van der Waals surface area contributed by atoms with E-state index < -0.39 is 11.4 Å². The van der Waals surface area contributed by atoms with Crippen molar-refractivity contribution in [2.45, 2.75) is 38.1 Å². The summed E-state index contributed by atoms with van der Waals surface area (Å²) in [7, 11) is 0. The summed E-state index contributed by atoms with van der Waals surface area (Å²) in [6.45, 7) is 3.62. The van der Waals surface area contributed by atoms with Gasteiger partial charge in [0.1, 0.15) is 5.84 Å². The largest absolute Gasteiger partial charge is 0.367 e. The Morgan fingerprint density at radius 3 is 2.22 bits per heavy atom. The first-order valence-corrected chi connectivity index (χ1v) is 6.82. The van der Waals surface area contributed by atoms with E-state index in [1.807, 2.05) is 31.2 Å². The van der Waals surface area contributed by atoms with Gasteiger partial charge >= 0.3 is 0 Å². The Kier molecular flexibility index (Phi) is 3.49. The van der Waals surface area contributed by atoms with Crippen LogP contribution in [0.5, 0.6) is 0 Å². The molecule has 1 aliphatic heterocycles. The molecule has 1 aliphatic rings. The normalized spacial score (nSPS) is 31.1. The zero-order valence-electron chi connectivity index (χ0n) is 10.4. The first-order valence-electron chi connectivity index (χ1n) is 6.03. The van der Waals surface area contributed by atoms with Crippen LogP contribution in [0.15, 0.2) is 33.7 Å². The monoisotopic (exact) mass is 312 g/mol. The van der Waals surface area contributed by atoms with Crippen molar-refractivity contribution in [3.05, 3.63) is 34.3 Å². The van der Waals surface area contributed by atoms with Crippen LogP contribution in [0.3, 0.4) is 0 Å². The minimum Gasteiger partial charge on any atom is -0.367 e. The van der Waals surface area contributed by atoms with E-state index in [-0.39, 0.29) is 0 Å². The first-order chi connectivity index (χ1) is 8.44. The number of aliphatic imine (C=N–C) groups is 1. The highest BCUT2D eigenvalue weighted by molar-refractivity contribution is 9.10. The van der Waals surface area contributed by atoms with Gasteiger partial charge in [0.2, 0.25) is 5.72 Å². The third kappa shape index (κ3) is 2.06. The Labute approximate surface area is 115 Å². The standard InChI is InChI=1S/C13H17BrN2O2/c1-3-12(17)13(18,4-2)16-11(15-12)9-5-7-10(14)8-6-9/h5-8,17-18H,3-4H2,1-2H3,(H,15,16). The average molecular weight is 313 g/mol. The summed E-state index contributed by atoms with van der Waals surface area (Å²) in [5.41, 5.74) is -2.02. The maximum Gasteiger partial charge on any atom is 0.206 e. The molecule has 1 aromatic rings. The van der Waals surface area contributed by atoms with E-state index >= 15 is 0 Å². The highest BCUT2D eigenvalue weighted by Gasteiger charge is 2.52. The van der Waals surface area contributed by atoms with Crippen LogP contribution < -0.4 is 5.32 Å². The van der Waals surface area contributed by atoms with Crippen LogP contribution in [-0.4, -0.2) is 27.5 Å². The van der Waals surface area contributed by atoms with Gasteiger partial charge in [-0.1, -0.05) is 41.9 Å². The summed E-state index contributed by atoms with van der Waals surface area (Å²) >= 11 is 3.37. The van der Waals surface area contributed by atoms with E-state index in [2.05, 4.69) is 26.2 Å². The van der Waals surface area contributed by atoms with Crippen LogP contribution in [0, 0.1) is 0 Å². The Morgan fingerprint density at radius 2 is 1.78 bits per heavy atom. The highest BCUT2D eigenvalue weighted by Crippen LogP contribution is 2.33. The predicted octanol–water partition coefficient (Wildman–Crippen LogP) is 2.00. The molecule has 0 aliphatic carbocycles. The third-order valence-electron chi connectivity index (χ3n) is 3.41. The fraction of sp³-hybridized carbons (Fsp3) is 0.462. The van der Waals surface area contributed by atoms with Gasteiger partial charge in [0.15, 0.2) is 5.72 Å². The average Bonchev–Trinajstić information content (AvgIpc) is 2.64. The van der Waals surface area contributed by atoms with Crippen molar-refractivity contribution in [2.75, 3.05) is 0 Å². The van der Waals surface area contributed by atoms with E-state index in [1.54, 1.807) is 6.92 Å². The van der Waals surface area contributed by atoms with Crippen molar-refractivity contribution in [1.29, 1.82) is 0 Å². The van der Waals surface area contributed by atoms with Crippen molar-refractivity contribution in [2.24, 2.45) is 4.99 Å². The quantitative estimate of drug-likeness (QED) is 0.800. The Hall–Kier alpha value is -0.910. The lowest BCUT2D eigenvalue weighted by Gasteiger charge is -2.34. The van der Waals surface area contributed by atoms with Gasteiger partial charge in [0.25, 0.3) is 0 Å². The Balaban J connectivity index is 2.37. The molecule has 0 bridgehead atoms. The number of halogens is 1. The van der Waals surface area contributed by atoms with Crippen molar-refractivity contribution in [3.8, 4) is 0 Å². The topological polar surface area (TPSA) is 64.9 Å². The SMILES string of the molecule is CCC1(O)N=C(c2ccc(Br)cc2)NC1(O)CC. The second-order valence-electron chi connectivity index (χ2n) is 4.48.